The van der Waals surface area contributed by atoms with Gasteiger partial charge in [0, 0.05) is 11.4 Å². The number of nitrogens with zero attached hydrogens (tertiary/aromatic N) is 4. The van der Waals surface area contributed by atoms with Crippen LogP contribution in [0.15, 0.2) is 180 Å². The summed E-state index contributed by atoms with van der Waals surface area (Å²) in [4.78, 5) is 16.6. The molecule has 0 unspecified atom stereocenters. The Morgan fingerprint density at radius 3 is 0.924 bits per heavy atom. The molecule has 0 atom stereocenters. The van der Waals surface area contributed by atoms with Crippen LogP contribution in [0.25, 0.3) is 12.2 Å². The van der Waals surface area contributed by atoms with E-state index in [1.807, 2.05) is 24.3 Å². The van der Waals surface area contributed by atoms with E-state index in [4.69, 9.17) is 18.9 Å². The van der Waals surface area contributed by atoms with E-state index in [0.29, 0.717) is 23.0 Å². The number of hydrogen-bond acceptors (Lipinski definition) is 14. The predicted molar refractivity (Wildman–Crippen MR) is 252 cm³/mol. The molecule has 0 aliphatic heterocycles. The topological polar surface area (TPSA) is 221 Å². The zero-order valence-corrected chi connectivity index (χ0v) is 34.7. The molecule has 0 aliphatic rings. The number of rotatable bonds is 16. The van der Waals surface area contributed by atoms with Gasteiger partial charge in [0.15, 0.2) is 0 Å². The first kappa shape index (κ1) is 49.3. The Morgan fingerprint density at radius 1 is 0.394 bits per heavy atom. The van der Waals surface area contributed by atoms with Crippen LogP contribution in [0.1, 0.15) is 11.1 Å². The SMILES string of the molecule is O=S(=O)(O)c1cc(Nc2nc(Oc3ccccc3)cc(Oc3ccccc3)n2)ccc1/C=C/c1ccc(Nc2nc(Oc3ccccc3)cc(Oc3ccccc3)n2)cc1S(=O)(=O)O.[NaH].[NaH]. The van der Waals surface area contributed by atoms with Crippen molar-refractivity contribution in [1.29, 1.82) is 0 Å². The standard InChI is InChI=1S/C46H34N6O10S2.2Na.2H/c53-63(54,55)39-27-33(47-45-49-41(59-35-13-5-1-6-14-35)29-42(50-45)60-36-15-7-2-8-16-36)25-23-31(39)21-22-32-24-26-34(28-40(32)64(56,57)58)48-46-51-43(61-37-17-9-3-10-18-37)30-44(52-46)62-38-19-11-4-12-20-38;;;;/h1-30H,(H,47,49,50)(H,48,51,52)(H,53,54,55)(H,56,57,58);;;;/b22-21+;;;;. The van der Waals surface area contributed by atoms with Crippen molar-refractivity contribution in [3.05, 3.63) is 181 Å². The maximum atomic E-state index is 12.7. The van der Waals surface area contributed by atoms with Crippen LogP contribution < -0.4 is 29.6 Å². The van der Waals surface area contributed by atoms with E-state index in [-0.39, 0.29) is 117 Å². The molecule has 6 aromatic carbocycles. The van der Waals surface area contributed by atoms with E-state index < -0.39 is 30.0 Å². The Morgan fingerprint density at radius 2 is 0.667 bits per heavy atom. The first-order chi connectivity index (χ1) is 30.9. The molecule has 0 amide bonds. The average Bonchev–Trinajstić information content (AvgIpc) is 3.27. The Kier molecular flexibility index (Phi) is 16.7. The van der Waals surface area contributed by atoms with E-state index in [2.05, 4.69) is 30.6 Å². The minimum atomic E-state index is -4.87. The van der Waals surface area contributed by atoms with Crippen molar-refractivity contribution < 1.29 is 44.9 Å². The van der Waals surface area contributed by atoms with Crippen molar-refractivity contribution in [2.24, 2.45) is 0 Å². The predicted octanol–water partition coefficient (Wildman–Crippen LogP) is 9.29. The number of para-hydroxylation sites is 4. The number of aromatic nitrogens is 4. The summed E-state index contributed by atoms with van der Waals surface area (Å²) in [5.74, 6) is 2.33. The zero-order valence-electron chi connectivity index (χ0n) is 33.1. The third-order valence-electron chi connectivity index (χ3n) is 8.76. The Hall–Kier alpha value is -6.16. The summed E-state index contributed by atoms with van der Waals surface area (Å²) >= 11 is 0. The molecular formula is C46H36N6Na2O10S2. The fourth-order valence-electron chi connectivity index (χ4n) is 5.95. The van der Waals surface area contributed by atoms with Crippen molar-refractivity contribution in [2.45, 2.75) is 9.79 Å². The van der Waals surface area contributed by atoms with Crippen molar-refractivity contribution >= 4 is 115 Å². The van der Waals surface area contributed by atoms with E-state index in [9.17, 15) is 25.9 Å². The van der Waals surface area contributed by atoms with E-state index in [0.717, 1.165) is 12.1 Å². The van der Waals surface area contributed by atoms with E-state index in [1.165, 1.54) is 48.6 Å². The summed E-state index contributed by atoms with van der Waals surface area (Å²) in [6.07, 6.45) is 2.53. The maximum absolute atomic E-state index is 12.7. The van der Waals surface area contributed by atoms with Gasteiger partial charge in [0.2, 0.25) is 35.4 Å². The summed E-state index contributed by atoms with van der Waals surface area (Å²) < 4.78 is 95.2. The van der Waals surface area contributed by atoms with E-state index >= 15 is 0 Å². The normalized spacial score (nSPS) is 11.1. The molecule has 8 rings (SSSR count). The molecule has 0 bridgehead atoms. The van der Waals surface area contributed by atoms with Crippen molar-refractivity contribution in [1.82, 2.24) is 19.9 Å². The van der Waals surface area contributed by atoms with Crippen molar-refractivity contribution in [2.75, 3.05) is 10.6 Å². The second-order valence-corrected chi connectivity index (χ2v) is 16.2. The van der Waals surface area contributed by atoms with Gasteiger partial charge in [-0.2, -0.15) is 36.8 Å². The Balaban J connectivity index is 0.00000360. The third-order valence-corrected chi connectivity index (χ3v) is 10.6. The third kappa shape index (κ3) is 13.7. The summed E-state index contributed by atoms with van der Waals surface area (Å²) in [6.45, 7) is 0. The van der Waals surface area contributed by atoms with Gasteiger partial charge in [0.25, 0.3) is 20.2 Å². The average molecular weight is 943 g/mol. The van der Waals surface area contributed by atoms with Crippen LogP contribution in [0, 0.1) is 0 Å². The quantitative estimate of drug-likeness (QED) is 0.0403. The first-order valence-electron chi connectivity index (χ1n) is 19.0. The van der Waals surface area contributed by atoms with Crippen LogP contribution in [0.2, 0.25) is 0 Å². The van der Waals surface area contributed by atoms with Gasteiger partial charge in [0.05, 0.1) is 12.1 Å². The van der Waals surface area contributed by atoms with Crippen LogP contribution in [-0.4, -0.2) is 105 Å². The summed E-state index contributed by atoms with van der Waals surface area (Å²) in [5, 5.41) is 5.86. The van der Waals surface area contributed by atoms with Crippen LogP contribution in [0.3, 0.4) is 0 Å². The van der Waals surface area contributed by atoms with E-state index in [1.54, 1.807) is 97.1 Å². The number of nitrogens with one attached hydrogen (secondary N) is 2. The molecule has 2 heterocycles. The minimum absolute atomic E-state index is 0. The number of ether oxygens (including phenoxy) is 4. The second kappa shape index (κ2) is 22.4. The Bertz CT molecular complexity index is 2850. The van der Waals surface area contributed by atoms with Gasteiger partial charge in [-0.1, -0.05) is 97.1 Å². The Labute approximate surface area is 423 Å². The molecule has 0 saturated carbocycles. The number of benzene rings is 6. The molecule has 324 valence electrons. The summed E-state index contributed by atoms with van der Waals surface area (Å²) in [5.41, 5.74) is 0.251. The molecule has 8 aromatic rings. The summed E-state index contributed by atoms with van der Waals surface area (Å²) in [6, 6.07) is 46.5. The molecule has 4 N–H and O–H groups in total. The first-order valence-corrected chi connectivity index (χ1v) is 21.9. The van der Waals surface area contributed by atoms with Gasteiger partial charge >= 0.3 is 59.1 Å². The molecule has 0 aliphatic carbocycles. The van der Waals surface area contributed by atoms with Gasteiger partial charge in [-0.25, -0.2) is 0 Å². The molecule has 16 nitrogen and oxygen atoms in total. The number of anilines is 4. The molecule has 0 radical (unpaired) electrons. The van der Waals surface area contributed by atoms with Crippen molar-refractivity contribution in [3.8, 4) is 46.5 Å². The van der Waals surface area contributed by atoms with Gasteiger partial charge in [0.1, 0.15) is 32.8 Å². The van der Waals surface area contributed by atoms with Crippen LogP contribution in [-0.2, 0) is 20.2 Å². The second-order valence-electron chi connectivity index (χ2n) is 13.4. The van der Waals surface area contributed by atoms with Crippen LogP contribution >= 0.6 is 0 Å². The number of hydrogen-bond donors (Lipinski definition) is 4. The van der Waals surface area contributed by atoms with Gasteiger partial charge in [-0.15, -0.1) is 0 Å². The molecular weight excluding hydrogens is 907 g/mol. The van der Waals surface area contributed by atoms with Gasteiger partial charge < -0.3 is 29.6 Å². The fourth-order valence-corrected chi connectivity index (χ4v) is 7.37. The molecule has 0 fully saturated rings. The monoisotopic (exact) mass is 942 g/mol. The van der Waals surface area contributed by atoms with Gasteiger partial charge in [-0.05, 0) is 83.9 Å². The fraction of sp³-hybridized carbons (Fsp3) is 0. The summed E-state index contributed by atoms with van der Waals surface area (Å²) in [7, 11) is -9.74. The van der Waals surface area contributed by atoms with Crippen LogP contribution in [0.4, 0.5) is 23.3 Å². The molecule has 0 saturated heterocycles. The molecule has 66 heavy (non-hydrogen) atoms. The van der Waals surface area contributed by atoms with Crippen LogP contribution in [0.5, 0.6) is 46.5 Å². The van der Waals surface area contributed by atoms with Gasteiger partial charge in [-0.3, -0.25) is 9.11 Å². The molecule has 20 heteroatoms. The van der Waals surface area contributed by atoms with Crippen molar-refractivity contribution in [3.63, 3.8) is 0 Å². The zero-order chi connectivity index (χ0) is 44.5. The molecule has 0 spiro atoms. The molecule has 2 aromatic heterocycles.